The maximum atomic E-state index is 12.3. The highest BCUT2D eigenvalue weighted by Gasteiger charge is 2.34. The summed E-state index contributed by atoms with van der Waals surface area (Å²) in [7, 11) is 0. The number of aliphatic hydroxyl groups excluding tert-OH is 1. The number of nitrogens with one attached hydrogen (secondary N) is 1. The zero-order valence-electron chi connectivity index (χ0n) is 11.5. The molecular formula is C13H22N2O5. The van der Waals surface area contributed by atoms with Gasteiger partial charge in [-0.2, -0.15) is 0 Å². The number of urea groups is 1. The van der Waals surface area contributed by atoms with Crippen molar-refractivity contribution in [1.82, 2.24) is 10.2 Å². The van der Waals surface area contributed by atoms with E-state index in [1.807, 2.05) is 0 Å². The quantitative estimate of drug-likeness (QED) is 0.680. The van der Waals surface area contributed by atoms with Crippen LogP contribution >= 0.6 is 0 Å². The Labute approximate surface area is 117 Å². The van der Waals surface area contributed by atoms with E-state index in [4.69, 9.17) is 4.74 Å². The predicted octanol–water partition coefficient (Wildman–Crippen LogP) is 0.0325. The van der Waals surface area contributed by atoms with Crippen LogP contribution in [0.3, 0.4) is 0 Å². The van der Waals surface area contributed by atoms with Crippen molar-refractivity contribution in [1.29, 1.82) is 0 Å². The number of amides is 2. The molecule has 2 fully saturated rings. The number of nitrogens with zero attached hydrogens (tertiary/aromatic N) is 1. The summed E-state index contributed by atoms with van der Waals surface area (Å²) < 4.78 is 5.23. The van der Waals surface area contributed by atoms with E-state index in [-0.39, 0.29) is 24.7 Å². The van der Waals surface area contributed by atoms with E-state index < -0.39 is 11.9 Å². The zero-order chi connectivity index (χ0) is 14.5. The second-order valence-corrected chi connectivity index (χ2v) is 5.39. The molecular weight excluding hydrogens is 264 g/mol. The second-order valence-electron chi connectivity index (χ2n) is 5.39. The van der Waals surface area contributed by atoms with Crippen LogP contribution < -0.4 is 5.32 Å². The Morgan fingerprint density at radius 1 is 1.30 bits per heavy atom. The number of aliphatic carboxylic acids is 1. The molecule has 3 atom stereocenters. The highest BCUT2D eigenvalue weighted by molar-refractivity contribution is 5.77. The summed E-state index contributed by atoms with van der Waals surface area (Å²) in [5.74, 6) is -1.36. The summed E-state index contributed by atoms with van der Waals surface area (Å²) in [6.07, 6.45) is 3.12. The molecule has 2 amide bonds. The largest absolute Gasteiger partial charge is 0.481 e. The molecule has 0 spiro atoms. The number of aliphatic hydroxyl groups is 1. The summed E-state index contributed by atoms with van der Waals surface area (Å²) in [5, 5.41) is 21.3. The van der Waals surface area contributed by atoms with Crippen molar-refractivity contribution in [3.05, 3.63) is 0 Å². The normalized spacial score (nSPS) is 30.9. The molecule has 7 heteroatoms. The molecule has 2 rings (SSSR count). The van der Waals surface area contributed by atoms with Crippen LogP contribution in [0.25, 0.3) is 0 Å². The van der Waals surface area contributed by atoms with Crippen molar-refractivity contribution >= 4 is 12.0 Å². The van der Waals surface area contributed by atoms with Gasteiger partial charge >= 0.3 is 12.0 Å². The minimum Gasteiger partial charge on any atom is -0.481 e. The fraction of sp³-hybridized carbons (Fsp3) is 0.846. The first-order chi connectivity index (χ1) is 9.63. The monoisotopic (exact) mass is 286 g/mol. The summed E-state index contributed by atoms with van der Waals surface area (Å²) in [5.41, 5.74) is 0. The lowest BCUT2D eigenvalue weighted by molar-refractivity contribution is -0.143. The molecule has 2 aliphatic rings. The van der Waals surface area contributed by atoms with Gasteiger partial charge in [0.2, 0.25) is 0 Å². The van der Waals surface area contributed by atoms with Gasteiger partial charge in [-0.3, -0.25) is 4.79 Å². The molecule has 0 bridgehead atoms. The Morgan fingerprint density at radius 2 is 2.05 bits per heavy atom. The Hall–Kier alpha value is -1.34. The highest BCUT2D eigenvalue weighted by atomic mass is 16.5. The third-order valence-corrected chi connectivity index (χ3v) is 4.09. The van der Waals surface area contributed by atoms with Crippen LogP contribution in [0.4, 0.5) is 4.79 Å². The third kappa shape index (κ3) is 3.40. The van der Waals surface area contributed by atoms with Gasteiger partial charge in [0, 0.05) is 12.6 Å². The maximum absolute atomic E-state index is 12.3. The van der Waals surface area contributed by atoms with E-state index in [0.717, 1.165) is 12.8 Å². The van der Waals surface area contributed by atoms with Gasteiger partial charge in [-0.05, 0) is 12.8 Å². The van der Waals surface area contributed by atoms with Gasteiger partial charge in [0.1, 0.15) is 0 Å². The van der Waals surface area contributed by atoms with Gasteiger partial charge in [-0.15, -0.1) is 0 Å². The van der Waals surface area contributed by atoms with Crippen molar-refractivity contribution < 1.29 is 24.5 Å². The Bertz CT molecular complexity index is 363. The number of carboxylic acids is 1. The molecule has 3 unspecified atom stereocenters. The van der Waals surface area contributed by atoms with Gasteiger partial charge in [0.25, 0.3) is 0 Å². The van der Waals surface area contributed by atoms with Crippen LogP contribution in [0.2, 0.25) is 0 Å². The number of hydrogen-bond donors (Lipinski definition) is 3. The van der Waals surface area contributed by atoms with E-state index >= 15 is 0 Å². The fourth-order valence-corrected chi connectivity index (χ4v) is 2.91. The van der Waals surface area contributed by atoms with E-state index in [0.29, 0.717) is 32.6 Å². The van der Waals surface area contributed by atoms with Gasteiger partial charge < -0.3 is 25.2 Å². The minimum absolute atomic E-state index is 0.152. The fourth-order valence-electron chi connectivity index (χ4n) is 2.91. The van der Waals surface area contributed by atoms with E-state index in [1.165, 1.54) is 4.90 Å². The van der Waals surface area contributed by atoms with Crippen LogP contribution in [-0.4, -0.2) is 65.6 Å². The number of hydrogen-bond acceptors (Lipinski definition) is 4. The Kier molecular flexibility index (Phi) is 5.19. The summed E-state index contributed by atoms with van der Waals surface area (Å²) in [6, 6.07) is -0.975. The van der Waals surface area contributed by atoms with E-state index in [9.17, 15) is 19.8 Å². The number of carboxylic acid groups (broad SMARTS) is 1. The number of rotatable bonds is 3. The lowest BCUT2D eigenvalue weighted by Gasteiger charge is -2.37. The summed E-state index contributed by atoms with van der Waals surface area (Å²) in [6.45, 7) is 1.02. The van der Waals surface area contributed by atoms with Crippen LogP contribution in [-0.2, 0) is 9.53 Å². The maximum Gasteiger partial charge on any atom is 0.318 e. The van der Waals surface area contributed by atoms with Crippen LogP contribution in [0, 0.1) is 5.92 Å². The van der Waals surface area contributed by atoms with E-state index in [2.05, 4.69) is 5.32 Å². The molecule has 0 aromatic carbocycles. The van der Waals surface area contributed by atoms with Gasteiger partial charge in [-0.1, -0.05) is 12.8 Å². The molecule has 1 saturated carbocycles. The van der Waals surface area contributed by atoms with Gasteiger partial charge in [0.15, 0.2) is 0 Å². The van der Waals surface area contributed by atoms with Crippen molar-refractivity contribution in [3.8, 4) is 0 Å². The first-order valence-electron chi connectivity index (χ1n) is 7.12. The van der Waals surface area contributed by atoms with Gasteiger partial charge in [0.05, 0.1) is 31.8 Å². The molecule has 3 N–H and O–H groups in total. The average Bonchev–Trinajstić information content (AvgIpc) is 2.47. The Morgan fingerprint density at radius 3 is 2.75 bits per heavy atom. The lowest BCUT2D eigenvalue weighted by Crippen LogP contribution is -2.57. The van der Waals surface area contributed by atoms with Crippen molar-refractivity contribution in [2.45, 2.75) is 37.8 Å². The molecule has 20 heavy (non-hydrogen) atoms. The highest BCUT2D eigenvalue weighted by Crippen LogP contribution is 2.25. The van der Waals surface area contributed by atoms with Crippen molar-refractivity contribution in [2.24, 2.45) is 5.92 Å². The number of carbonyl (C=O) groups is 2. The van der Waals surface area contributed by atoms with Crippen molar-refractivity contribution in [3.63, 3.8) is 0 Å². The van der Waals surface area contributed by atoms with Crippen LogP contribution in [0.1, 0.15) is 25.7 Å². The molecule has 1 heterocycles. The molecule has 114 valence electrons. The van der Waals surface area contributed by atoms with Gasteiger partial charge in [-0.25, -0.2) is 4.79 Å². The molecule has 0 radical (unpaired) electrons. The third-order valence-electron chi connectivity index (χ3n) is 4.09. The topological polar surface area (TPSA) is 99.1 Å². The SMILES string of the molecule is O=C(O)C1CCCCC1NC(=O)N1CCOCC1CO. The summed E-state index contributed by atoms with van der Waals surface area (Å²) in [4.78, 5) is 25.0. The molecule has 7 nitrogen and oxygen atoms in total. The molecule has 0 aromatic heterocycles. The second kappa shape index (κ2) is 6.90. The predicted molar refractivity (Wildman–Crippen MR) is 70.3 cm³/mol. The Balaban J connectivity index is 1.96. The average molecular weight is 286 g/mol. The zero-order valence-corrected chi connectivity index (χ0v) is 11.5. The van der Waals surface area contributed by atoms with Crippen LogP contribution in [0.15, 0.2) is 0 Å². The van der Waals surface area contributed by atoms with E-state index in [1.54, 1.807) is 0 Å². The van der Waals surface area contributed by atoms with Crippen molar-refractivity contribution in [2.75, 3.05) is 26.4 Å². The molecule has 1 saturated heterocycles. The smallest absolute Gasteiger partial charge is 0.318 e. The lowest BCUT2D eigenvalue weighted by atomic mass is 9.84. The number of carbonyl (C=O) groups excluding carboxylic acids is 1. The molecule has 0 aromatic rings. The standard InChI is InChI=1S/C13H22N2O5/c16-7-9-8-20-6-5-15(9)13(19)14-11-4-2-1-3-10(11)12(17)18/h9-11,16H,1-8H2,(H,14,19)(H,17,18). The first-order valence-corrected chi connectivity index (χ1v) is 7.12. The summed E-state index contributed by atoms with van der Waals surface area (Å²) >= 11 is 0. The minimum atomic E-state index is -0.851. The van der Waals surface area contributed by atoms with Crippen LogP contribution in [0.5, 0.6) is 0 Å². The number of morpholine rings is 1. The number of ether oxygens (including phenoxy) is 1. The molecule has 1 aliphatic heterocycles. The molecule has 1 aliphatic carbocycles. The first kappa shape index (κ1) is 15.1.